The van der Waals surface area contributed by atoms with Crippen molar-refractivity contribution in [2.45, 2.75) is 13.0 Å². The summed E-state index contributed by atoms with van der Waals surface area (Å²) in [7, 11) is 0. The predicted molar refractivity (Wildman–Crippen MR) is 107 cm³/mol. The van der Waals surface area contributed by atoms with Crippen LogP contribution in [0.2, 0.25) is 5.15 Å². The highest BCUT2D eigenvalue weighted by molar-refractivity contribution is 6.29. The zero-order chi connectivity index (χ0) is 20.1. The van der Waals surface area contributed by atoms with Crippen LogP contribution in [0.3, 0.4) is 0 Å². The molecule has 0 radical (unpaired) electrons. The molecule has 0 aliphatic heterocycles. The number of nitrogens with one attached hydrogen (secondary N) is 1. The van der Waals surface area contributed by atoms with E-state index in [1.165, 1.54) is 18.2 Å². The molecule has 1 amide bonds. The number of hydrogen-bond donors (Lipinski definition) is 1. The van der Waals surface area contributed by atoms with Gasteiger partial charge in [0.2, 0.25) is 5.91 Å². The summed E-state index contributed by atoms with van der Waals surface area (Å²) in [6.45, 7) is 1.85. The van der Waals surface area contributed by atoms with Gasteiger partial charge in [-0.3, -0.25) is 4.79 Å². The number of nitrogens with zero attached hydrogens (tertiary/aromatic N) is 1. The number of carbonyl (C=O) groups is 1. The topological polar surface area (TPSA) is 42.0 Å². The molecule has 1 N–H and O–H groups in total. The van der Waals surface area contributed by atoms with E-state index >= 15 is 0 Å². The Bertz CT molecular complexity index is 1020. The van der Waals surface area contributed by atoms with Gasteiger partial charge < -0.3 is 5.32 Å². The fraction of sp³-hybridized carbons (Fsp3) is 0.0909. The maximum atomic E-state index is 13.6. The zero-order valence-electron chi connectivity index (χ0n) is 15.0. The summed E-state index contributed by atoms with van der Waals surface area (Å²) in [5.74, 6) is -1.76. The van der Waals surface area contributed by atoms with E-state index in [0.29, 0.717) is 5.15 Å². The molecule has 1 heterocycles. The lowest BCUT2D eigenvalue weighted by atomic mass is 10.0. The minimum Gasteiger partial charge on any atom is -0.346 e. The van der Waals surface area contributed by atoms with Crippen molar-refractivity contribution in [3.63, 3.8) is 0 Å². The van der Waals surface area contributed by atoms with Gasteiger partial charge in [0.15, 0.2) is 0 Å². The molecule has 0 saturated carbocycles. The van der Waals surface area contributed by atoms with Gasteiger partial charge in [-0.25, -0.2) is 13.8 Å². The molecule has 0 bridgehead atoms. The summed E-state index contributed by atoms with van der Waals surface area (Å²) < 4.78 is 26.5. The summed E-state index contributed by atoms with van der Waals surface area (Å²) in [6.07, 6.45) is 4.22. The van der Waals surface area contributed by atoms with E-state index in [9.17, 15) is 13.6 Å². The molecule has 0 aliphatic rings. The molecule has 2 aromatic carbocycles. The second-order valence-electron chi connectivity index (χ2n) is 6.22. The minimum atomic E-state index is -0.721. The maximum Gasteiger partial charge on any atom is 0.244 e. The Hall–Kier alpha value is -3.05. The number of hydrogen-bond acceptors (Lipinski definition) is 2. The molecule has 0 spiro atoms. The number of amides is 1. The normalized spacial score (nSPS) is 12.1. The lowest BCUT2D eigenvalue weighted by Crippen LogP contribution is -2.24. The molecule has 28 heavy (non-hydrogen) atoms. The highest BCUT2D eigenvalue weighted by Crippen LogP contribution is 2.23. The van der Waals surface area contributed by atoms with Crippen molar-refractivity contribution < 1.29 is 13.6 Å². The van der Waals surface area contributed by atoms with Crippen molar-refractivity contribution >= 4 is 23.6 Å². The van der Waals surface area contributed by atoms with Crippen LogP contribution in [0.1, 0.15) is 24.1 Å². The van der Waals surface area contributed by atoms with Gasteiger partial charge in [-0.05, 0) is 54.5 Å². The van der Waals surface area contributed by atoms with E-state index in [0.717, 1.165) is 28.8 Å². The van der Waals surface area contributed by atoms with Crippen LogP contribution in [-0.2, 0) is 4.79 Å². The summed E-state index contributed by atoms with van der Waals surface area (Å²) >= 11 is 5.82. The molecule has 0 saturated heterocycles. The summed E-state index contributed by atoms with van der Waals surface area (Å²) in [5, 5.41) is 3.25. The first-order chi connectivity index (χ1) is 13.4. The van der Waals surface area contributed by atoms with Gasteiger partial charge >= 0.3 is 0 Å². The van der Waals surface area contributed by atoms with Crippen LogP contribution in [0, 0.1) is 11.6 Å². The monoisotopic (exact) mass is 398 g/mol. The Balaban J connectivity index is 1.69. The molecule has 142 valence electrons. The van der Waals surface area contributed by atoms with Crippen LogP contribution in [0.25, 0.3) is 17.2 Å². The van der Waals surface area contributed by atoms with Gasteiger partial charge in [-0.2, -0.15) is 0 Å². The third-order valence-electron chi connectivity index (χ3n) is 4.18. The van der Waals surface area contributed by atoms with Gasteiger partial charge in [-0.15, -0.1) is 0 Å². The smallest absolute Gasteiger partial charge is 0.244 e. The first-order valence-electron chi connectivity index (χ1n) is 8.58. The number of rotatable bonds is 5. The van der Waals surface area contributed by atoms with Crippen molar-refractivity contribution in [2.24, 2.45) is 0 Å². The summed E-state index contributed by atoms with van der Waals surface area (Å²) in [4.78, 5) is 16.2. The fourth-order valence-corrected chi connectivity index (χ4v) is 2.79. The Morgan fingerprint density at radius 2 is 1.93 bits per heavy atom. The van der Waals surface area contributed by atoms with Crippen molar-refractivity contribution in [1.82, 2.24) is 10.3 Å². The second-order valence-corrected chi connectivity index (χ2v) is 6.61. The highest BCUT2D eigenvalue weighted by Gasteiger charge is 2.09. The summed E-state index contributed by atoms with van der Waals surface area (Å²) in [5.41, 5.74) is 2.91. The lowest BCUT2D eigenvalue weighted by molar-refractivity contribution is -0.117. The van der Waals surface area contributed by atoms with E-state index in [1.807, 2.05) is 37.3 Å². The number of carbonyl (C=O) groups excluding carboxylic acids is 1. The van der Waals surface area contributed by atoms with Gasteiger partial charge in [0.1, 0.15) is 16.8 Å². The van der Waals surface area contributed by atoms with Gasteiger partial charge in [-0.1, -0.05) is 29.8 Å². The molecule has 1 aromatic heterocycles. The summed E-state index contributed by atoms with van der Waals surface area (Å²) in [6, 6.07) is 14.2. The van der Waals surface area contributed by atoms with Gasteiger partial charge in [0.25, 0.3) is 0 Å². The van der Waals surface area contributed by atoms with Crippen molar-refractivity contribution in [3.8, 4) is 11.1 Å². The SMILES string of the molecule is CC(NC(=O)/C=C\c1ccc(F)cc1F)c1cccc(-c2ccc(Cl)nc2)c1. The molecule has 1 atom stereocenters. The first-order valence-corrected chi connectivity index (χ1v) is 8.95. The standard InChI is InChI=1S/C22H17ClF2N2O/c1-14(27-22(28)10-7-15-5-8-19(24)12-20(15)25)16-3-2-4-17(11-16)18-6-9-21(23)26-13-18/h2-14H,1H3,(H,27,28)/b10-7-. The third-order valence-corrected chi connectivity index (χ3v) is 4.41. The Morgan fingerprint density at radius 1 is 1.11 bits per heavy atom. The van der Waals surface area contributed by atoms with Crippen LogP contribution in [0.5, 0.6) is 0 Å². The predicted octanol–water partition coefficient (Wildman–Crippen LogP) is 5.57. The Morgan fingerprint density at radius 3 is 2.64 bits per heavy atom. The van der Waals surface area contributed by atoms with Crippen molar-refractivity contribution in [2.75, 3.05) is 0 Å². The molecule has 0 aliphatic carbocycles. The minimum absolute atomic E-state index is 0.140. The van der Waals surface area contributed by atoms with E-state index in [2.05, 4.69) is 10.3 Å². The number of benzene rings is 2. The highest BCUT2D eigenvalue weighted by atomic mass is 35.5. The van der Waals surface area contributed by atoms with E-state index < -0.39 is 11.6 Å². The lowest BCUT2D eigenvalue weighted by Gasteiger charge is -2.14. The average molecular weight is 399 g/mol. The third kappa shape index (κ3) is 5.02. The quantitative estimate of drug-likeness (QED) is 0.451. The molecule has 0 fully saturated rings. The Kier molecular flexibility index (Phi) is 6.16. The van der Waals surface area contributed by atoms with Gasteiger partial charge in [0.05, 0.1) is 6.04 Å². The average Bonchev–Trinajstić information content (AvgIpc) is 2.68. The molecular weight excluding hydrogens is 382 g/mol. The van der Waals surface area contributed by atoms with E-state index in [4.69, 9.17) is 11.6 Å². The molecule has 1 unspecified atom stereocenters. The number of halogens is 3. The van der Waals surface area contributed by atoms with Crippen LogP contribution < -0.4 is 5.32 Å². The fourth-order valence-electron chi connectivity index (χ4n) is 2.68. The van der Waals surface area contributed by atoms with E-state index in [1.54, 1.807) is 12.3 Å². The van der Waals surface area contributed by atoms with Crippen LogP contribution in [0.4, 0.5) is 8.78 Å². The van der Waals surface area contributed by atoms with Crippen LogP contribution >= 0.6 is 11.6 Å². The number of aromatic nitrogens is 1. The largest absolute Gasteiger partial charge is 0.346 e. The van der Waals surface area contributed by atoms with Gasteiger partial charge in [0, 0.05) is 29.5 Å². The maximum absolute atomic E-state index is 13.6. The molecule has 3 nitrogen and oxygen atoms in total. The van der Waals surface area contributed by atoms with Crippen LogP contribution in [0.15, 0.2) is 66.9 Å². The van der Waals surface area contributed by atoms with Crippen molar-refractivity contribution in [1.29, 1.82) is 0 Å². The second kappa shape index (κ2) is 8.76. The zero-order valence-corrected chi connectivity index (χ0v) is 15.8. The molecule has 3 aromatic rings. The molecule has 6 heteroatoms. The van der Waals surface area contributed by atoms with E-state index in [-0.39, 0.29) is 17.5 Å². The number of pyridine rings is 1. The molecular formula is C22H17ClF2N2O. The Labute approximate surface area is 166 Å². The van der Waals surface area contributed by atoms with Crippen LogP contribution in [-0.4, -0.2) is 10.9 Å². The first kappa shape index (κ1) is 19.7. The molecule has 3 rings (SSSR count). The van der Waals surface area contributed by atoms with Crippen molar-refractivity contribution in [3.05, 3.63) is 94.8 Å².